The van der Waals surface area contributed by atoms with Crippen LogP contribution in [0.25, 0.3) is 0 Å². The summed E-state index contributed by atoms with van der Waals surface area (Å²) in [6.07, 6.45) is 2.07. The van der Waals surface area contributed by atoms with Gasteiger partial charge in [0, 0.05) is 41.7 Å². The quantitative estimate of drug-likeness (QED) is 0.372. The van der Waals surface area contributed by atoms with E-state index >= 15 is 0 Å². The zero-order valence-electron chi connectivity index (χ0n) is 18.1. The number of aromatic nitrogens is 1. The maximum atomic E-state index is 12.8. The Bertz CT molecular complexity index is 1370. The molecule has 0 radical (unpaired) electrons. The van der Waals surface area contributed by atoms with Gasteiger partial charge in [-0.2, -0.15) is 0 Å². The van der Waals surface area contributed by atoms with Crippen molar-refractivity contribution >= 4 is 55.4 Å². The highest BCUT2D eigenvalue weighted by Crippen LogP contribution is 2.30. The summed E-state index contributed by atoms with van der Waals surface area (Å²) in [5, 5.41) is 14.1. The van der Waals surface area contributed by atoms with Gasteiger partial charge in [-0.25, -0.2) is 13.4 Å². The molecule has 0 unspecified atom stereocenters. The highest BCUT2D eigenvalue weighted by molar-refractivity contribution is 7.93. The molecule has 13 heteroatoms. The van der Waals surface area contributed by atoms with Crippen molar-refractivity contribution in [2.45, 2.75) is 21.9 Å². The third kappa shape index (κ3) is 5.50. The van der Waals surface area contributed by atoms with Crippen LogP contribution in [0.4, 0.5) is 10.8 Å². The van der Waals surface area contributed by atoms with Crippen molar-refractivity contribution in [1.29, 1.82) is 0 Å². The summed E-state index contributed by atoms with van der Waals surface area (Å²) in [5.74, 6) is -0.762. The largest absolute Gasteiger partial charge is 0.339 e. The van der Waals surface area contributed by atoms with E-state index < -0.39 is 14.8 Å². The number of likely N-dealkylation sites (tertiary alicyclic amines) is 1. The smallest absolute Gasteiger partial charge is 0.269 e. The van der Waals surface area contributed by atoms with Crippen molar-refractivity contribution in [3.8, 4) is 0 Å². The summed E-state index contributed by atoms with van der Waals surface area (Å²) in [6.45, 7) is 0.828. The van der Waals surface area contributed by atoms with Crippen LogP contribution in [-0.2, 0) is 14.6 Å². The van der Waals surface area contributed by atoms with Crippen LogP contribution in [0.5, 0.6) is 0 Å². The standard InChI is InChI=1S/C22H19ClN4O6S2/c23-16-3-1-15(2-4-16)21(29)26-11-9-14(10-12-26)20(28)25-22-24-13-19(34-22)35(32,33)18-7-5-17(6-8-18)27(30)31/h1-8,13-14H,9-12H2,(H,24,25,28). The fourth-order valence-electron chi connectivity index (χ4n) is 3.63. The molecule has 3 aromatic rings. The van der Waals surface area contributed by atoms with Crippen LogP contribution in [0.15, 0.2) is 63.8 Å². The molecular weight excluding hydrogens is 516 g/mol. The van der Waals surface area contributed by atoms with Gasteiger partial charge < -0.3 is 10.2 Å². The molecule has 1 saturated heterocycles. The van der Waals surface area contributed by atoms with Crippen molar-refractivity contribution in [2.24, 2.45) is 5.92 Å². The molecule has 1 aromatic heterocycles. The number of hydrogen-bond acceptors (Lipinski definition) is 8. The fraction of sp³-hybridized carbons (Fsp3) is 0.227. The predicted molar refractivity (Wildman–Crippen MR) is 129 cm³/mol. The van der Waals surface area contributed by atoms with E-state index in [1.54, 1.807) is 29.2 Å². The van der Waals surface area contributed by atoms with E-state index in [-0.39, 0.29) is 37.7 Å². The number of anilines is 1. The number of non-ortho nitro benzene ring substituents is 1. The third-order valence-corrected chi connectivity index (χ3v) is 8.98. The van der Waals surface area contributed by atoms with Gasteiger partial charge in [0.25, 0.3) is 11.6 Å². The minimum absolute atomic E-state index is 0.0926. The molecule has 2 aromatic carbocycles. The molecule has 0 saturated carbocycles. The lowest BCUT2D eigenvalue weighted by molar-refractivity contribution is -0.384. The van der Waals surface area contributed by atoms with E-state index in [9.17, 15) is 28.1 Å². The SMILES string of the molecule is O=C(Nc1ncc(S(=O)(=O)c2ccc([N+](=O)[O-])cc2)s1)C1CCN(C(=O)c2ccc(Cl)cc2)CC1. The number of nitro benzene ring substituents is 1. The molecule has 1 N–H and O–H groups in total. The number of benzene rings is 2. The molecule has 1 aliphatic heterocycles. The Kier molecular flexibility index (Phi) is 7.15. The number of sulfone groups is 1. The first-order valence-corrected chi connectivity index (χ1v) is 13.1. The lowest BCUT2D eigenvalue weighted by atomic mass is 9.95. The number of carbonyl (C=O) groups is 2. The second kappa shape index (κ2) is 10.1. The second-order valence-electron chi connectivity index (χ2n) is 7.80. The normalized spacial score (nSPS) is 14.5. The van der Waals surface area contributed by atoms with Gasteiger partial charge in [0.15, 0.2) is 5.13 Å². The number of carbonyl (C=O) groups excluding carboxylic acids is 2. The van der Waals surface area contributed by atoms with Crippen LogP contribution in [0.3, 0.4) is 0 Å². The van der Waals surface area contributed by atoms with Crippen molar-refractivity contribution in [3.05, 3.63) is 75.4 Å². The Balaban J connectivity index is 1.35. The van der Waals surface area contributed by atoms with Crippen molar-refractivity contribution < 1.29 is 22.9 Å². The summed E-state index contributed by atoms with van der Waals surface area (Å²) < 4.78 is 25.5. The highest BCUT2D eigenvalue weighted by atomic mass is 35.5. The van der Waals surface area contributed by atoms with E-state index in [2.05, 4.69) is 10.3 Å². The van der Waals surface area contributed by atoms with Gasteiger partial charge >= 0.3 is 0 Å². The zero-order chi connectivity index (χ0) is 25.2. The van der Waals surface area contributed by atoms with E-state index in [0.717, 1.165) is 41.8 Å². The first-order valence-electron chi connectivity index (χ1n) is 10.5. The fourth-order valence-corrected chi connectivity index (χ4v) is 6.19. The molecule has 1 aliphatic rings. The molecule has 4 rings (SSSR count). The number of thiazole rings is 1. The molecular formula is C22H19ClN4O6S2. The number of nitrogens with one attached hydrogen (secondary N) is 1. The number of halogens is 1. The number of nitrogens with zero attached hydrogens (tertiary/aromatic N) is 3. The summed E-state index contributed by atoms with van der Waals surface area (Å²) in [4.78, 5) is 41.1. The topological polar surface area (TPSA) is 140 Å². The van der Waals surface area contributed by atoms with Gasteiger partial charge in [-0.05, 0) is 49.2 Å². The molecule has 182 valence electrons. The van der Waals surface area contributed by atoms with Crippen molar-refractivity contribution in [3.63, 3.8) is 0 Å². The molecule has 2 amide bonds. The number of rotatable bonds is 6. The molecule has 1 fully saturated rings. The van der Waals surface area contributed by atoms with Gasteiger partial charge in [0.05, 0.1) is 16.0 Å². The summed E-state index contributed by atoms with van der Waals surface area (Å²) in [5.41, 5.74) is 0.309. The van der Waals surface area contributed by atoms with Crippen LogP contribution in [0.1, 0.15) is 23.2 Å². The first kappa shape index (κ1) is 24.8. The van der Waals surface area contributed by atoms with Crippen LogP contribution < -0.4 is 5.32 Å². The van der Waals surface area contributed by atoms with E-state index in [0.29, 0.717) is 36.5 Å². The van der Waals surface area contributed by atoms with Gasteiger partial charge in [0.1, 0.15) is 4.21 Å². The average Bonchev–Trinajstić information content (AvgIpc) is 3.33. The Labute approximate surface area is 209 Å². The van der Waals surface area contributed by atoms with E-state index in [4.69, 9.17) is 11.6 Å². The Morgan fingerprint density at radius 1 is 1.09 bits per heavy atom. The molecule has 35 heavy (non-hydrogen) atoms. The average molecular weight is 535 g/mol. The maximum Gasteiger partial charge on any atom is 0.269 e. The second-order valence-corrected chi connectivity index (χ2v) is 11.4. The van der Waals surface area contributed by atoms with Gasteiger partial charge in [0.2, 0.25) is 15.7 Å². The minimum Gasteiger partial charge on any atom is -0.339 e. The Morgan fingerprint density at radius 2 is 1.71 bits per heavy atom. The summed E-state index contributed by atoms with van der Waals surface area (Å²) >= 11 is 6.67. The number of amides is 2. The molecule has 0 atom stereocenters. The number of piperidine rings is 1. The summed E-state index contributed by atoms with van der Waals surface area (Å²) in [6, 6.07) is 11.2. The lowest BCUT2D eigenvalue weighted by Gasteiger charge is -2.31. The monoisotopic (exact) mass is 534 g/mol. The van der Waals surface area contributed by atoms with Crippen LogP contribution in [0, 0.1) is 16.0 Å². The Morgan fingerprint density at radius 3 is 2.31 bits per heavy atom. The van der Waals surface area contributed by atoms with Gasteiger partial charge in [-0.3, -0.25) is 19.7 Å². The van der Waals surface area contributed by atoms with Crippen LogP contribution in [-0.4, -0.2) is 48.1 Å². The van der Waals surface area contributed by atoms with Crippen molar-refractivity contribution in [1.82, 2.24) is 9.88 Å². The van der Waals surface area contributed by atoms with Gasteiger partial charge in [-0.15, -0.1) is 0 Å². The maximum absolute atomic E-state index is 12.8. The zero-order valence-corrected chi connectivity index (χ0v) is 20.5. The molecule has 10 nitrogen and oxygen atoms in total. The number of nitro groups is 1. The summed E-state index contributed by atoms with van der Waals surface area (Å²) in [7, 11) is -3.94. The molecule has 0 bridgehead atoms. The van der Waals surface area contributed by atoms with Crippen LogP contribution in [0.2, 0.25) is 5.02 Å². The van der Waals surface area contributed by atoms with Gasteiger partial charge in [-0.1, -0.05) is 22.9 Å². The van der Waals surface area contributed by atoms with E-state index in [1.807, 2.05) is 0 Å². The lowest BCUT2D eigenvalue weighted by Crippen LogP contribution is -2.41. The molecule has 2 heterocycles. The van der Waals surface area contributed by atoms with Crippen molar-refractivity contribution in [2.75, 3.05) is 18.4 Å². The molecule has 0 spiro atoms. The Hall–Kier alpha value is -3.35. The highest BCUT2D eigenvalue weighted by Gasteiger charge is 2.29. The minimum atomic E-state index is -3.94. The molecule has 0 aliphatic carbocycles. The predicted octanol–water partition coefficient (Wildman–Crippen LogP) is 4.03. The third-order valence-electron chi connectivity index (χ3n) is 5.58. The van der Waals surface area contributed by atoms with E-state index in [1.165, 1.54) is 0 Å². The first-order chi connectivity index (χ1) is 16.6. The number of hydrogen-bond donors (Lipinski definition) is 1. The van der Waals surface area contributed by atoms with Crippen LogP contribution >= 0.6 is 22.9 Å².